The summed E-state index contributed by atoms with van der Waals surface area (Å²) in [6.45, 7) is 11.9. The fraction of sp³-hybridized carbons (Fsp3) is 0.679. The van der Waals surface area contributed by atoms with E-state index in [9.17, 15) is 0 Å². The van der Waals surface area contributed by atoms with Crippen LogP contribution in [0.15, 0.2) is 12.3 Å². The smallest absolute Gasteiger partial charge is 0.159 e. The topological polar surface area (TPSA) is 73.0 Å². The number of ether oxygens (including phenoxy) is 1. The molecule has 3 saturated carbocycles. The number of aromatic nitrogens is 5. The lowest BCUT2D eigenvalue weighted by Crippen LogP contribution is -2.56. The second-order valence-corrected chi connectivity index (χ2v) is 11.5. The Bertz CT molecular complexity index is 1230. The maximum atomic E-state index is 5.56. The van der Waals surface area contributed by atoms with Crippen molar-refractivity contribution in [2.45, 2.75) is 84.3 Å². The van der Waals surface area contributed by atoms with Gasteiger partial charge in [-0.2, -0.15) is 10.2 Å². The summed E-state index contributed by atoms with van der Waals surface area (Å²) in [6, 6.07) is 2.21. The molecular weight excluding hydrogens is 450 g/mol. The lowest BCUT2D eigenvalue weighted by atomic mass is 9.57. The molecule has 194 valence electrons. The Kier molecular flexibility index (Phi) is 6.07. The van der Waals surface area contributed by atoms with Gasteiger partial charge in [-0.25, -0.2) is 4.98 Å². The van der Waals surface area contributed by atoms with Gasteiger partial charge in [-0.05, 0) is 70.8 Å². The second kappa shape index (κ2) is 9.14. The molecule has 3 fully saturated rings. The third-order valence-electron chi connectivity index (χ3n) is 9.32. The van der Waals surface area contributed by atoms with Crippen molar-refractivity contribution in [2.24, 2.45) is 12.5 Å². The molecule has 2 bridgehead atoms. The normalized spacial score (nSPS) is 25.6. The van der Waals surface area contributed by atoms with Crippen molar-refractivity contribution in [1.29, 1.82) is 0 Å². The number of pyridine rings is 1. The van der Waals surface area contributed by atoms with Gasteiger partial charge < -0.3 is 15.0 Å². The van der Waals surface area contributed by atoms with Gasteiger partial charge in [0.1, 0.15) is 0 Å². The van der Waals surface area contributed by atoms with Crippen molar-refractivity contribution in [3.8, 4) is 0 Å². The van der Waals surface area contributed by atoms with Crippen LogP contribution in [-0.4, -0.2) is 56.4 Å². The molecule has 0 atom stereocenters. The van der Waals surface area contributed by atoms with E-state index in [1.807, 2.05) is 17.9 Å². The van der Waals surface area contributed by atoms with Crippen LogP contribution in [0, 0.1) is 19.3 Å². The van der Waals surface area contributed by atoms with Crippen molar-refractivity contribution in [3.05, 3.63) is 34.9 Å². The number of aryl methyl sites for hydroxylation is 3. The molecule has 7 rings (SSSR count). The first kappa shape index (κ1) is 23.9. The Morgan fingerprint density at radius 2 is 1.89 bits per heavy atom. The Balaban J connectivity index is 1.17. The van der Waals surface area contributed by atoms with Crippen LogP contribution in [0.1, 0.15) is 68.1 Å². The largest absolute Gasteiger partial charge is 0.380 e. The highest BCUT2D eigenvalue weighted by Crippen LogP contribution is 2.53. The van der Waals surface area contributed by atoms with Gasteiger partial charge in [0.05, 0.1) is 29.6 Å². The van der Waals surface area contributed by atoms with Crippen molar-refractivity contribution >= 4 is 16.7 Å². The second-order valence-electron chi connectivity index (χ2n) is 11.5. The van der Waals surface area contributed by atoms with Crippen LogP contribution < -0.4 is 10.2 Å². The highest BCUT2D eigenvalue weighted by atomic mass is 16.5. The highest BCUT2D eigenvalue weighted by molar-refractivity contribution is 5.89. The summed E-state index contributed by atoms with van der Waals surface area (Å²) < 4.78 is 9.84. The SMILES string of the molecule is CCOCCNC12CCC(Cn3nc(C)c4c3CCN(c3cc(C)nc5c3cnn5C)C4)(CC1)CC2. The van der Waals surface area contributed by atoms with Crippen molar-refractivity contribution < 1.29 is 4.74 Å². The first-order valence-corrected chi connectivity index (χ1v) is 13.8. The maximum Gasteiger partial charge on any atom is 0.159 e. The predicted molar refractivity (Wildman–Crippen MR) is 142 cm³/mol. The van der Waals surface area contributed by atoms with Crippen LogP contribution in [0.3, 0.4) is 0 Å². The number of hydrogen-bond donors (Lipinski definition) is 1. The van der Waals surface area contributed by atoms with E-state index in [2.05, 4.69) is 46.8 Å². The monoisotopic (exact) mass is 491 g/mol. The third kappa shape index (κ3) is 4.12. The zero-order valence-corrected chi connectivity index (χ0v) is 22.4. The molecule has 1 aliphatic heterocycles. The molecule has 8 nitrogen and oxygen atoms in total. The molecule has 8 heteroatoms. The van der Waals surface area contributed by atoms with Gasteiger partial charge in [0.25, 0.3) is 0 Å². The molecule has 0 radical (unpaired) electrons. The van der Waals surface area contributed by atoms with E-state index in [0.29, 0.717) is 11.0 Å². The number of anilines is 1. The van der Waals surface area contributed by atoms with Gasteiger partial charge in [0.2, 0.25) is 0 Å². The number of hydrogen-bond acceptors (Lipinski definition) is 6. The average Bonchev–Trinajstić information content (AvgIpc) is 3.41. The third-order valence-corrected chi connectivity index (χ3v) is 9.32. The van der Waals surface area contributed by atoms with Crippen LogP contribution >= 0.6 is 0 Å². The van der Waals surface area contributed by atoms with E-state index >= 15 is 0 Å². The number of nitrogens with one attached hydrogen (secondary N) is 1. The van der Waals surface area contributed by atoms with E-state index in [4.69, 9.17) is 14.8 Å². The summed E-state index contributed by atoms with van der Waals surface area (Å²) in [5, 5.41) is 14.6. The molecule has 0 unspecified atom stereocenters. The summed E-state index contributed by atoms with van der Waals surface area (Å²) in [4.78, 5) is 7.22. The molecule has 36 heavy (non-hydrogen) atoms. The van der Waals surface area contributed by atoms with Gasteiger partial charge in [-0.15, -0.1) is 0 Å². The first-order chi connectivity index (χ1) is 17.4. The number of fused-ring (bicyclic) bond motifs is 5. The minimum Gasteiger partial charge on any atom is -0.380 e. The van der Waals surface area contributed by atoms with Crippen LogP contribution in [0.25, 0.3) is 11.0 Å². The van der Waals surface area contributed by atoms with E-state index in [1.54, 1.807) is 0 Å². The van der Waals surface area contributed by atoms with Crippen molar-refractivity contribution in [2.75, 3.05) is 31.2 Å². The van der Waals surface area contributed by atoms with Gasteiger partial charge in [0, 0.05) is 68.7 Å². The highest BCUT2D eigenvalue weighted by Gasteiger charge is 2.48. The predicted octanol–water partition coefficient (Wildman–Crippen LogP) is 4.06. The van der Waals surface area contributed by atoms with Gasteiger partial charge in [-0.3, -0.25) is 9.36 Å². The molecule has 0 amide bonds. The Labute approximate surface area is 214 Å². The summed E-state index contributed by atoms with van der Waals surface area (Å²) >= 11 is 0. The summed E-state index contributed by atoms with van der Waals surface area (Å²) in [7, 11) is 1.97. The van der Waals surface area contributed by atoms with Gasteiger partial charge in [-0.1, -0.05) is 0 Å². The van der Waals surface area contributed by atoms with Crippen molar-refractivity contribution in [1.82, 2.24) is 29.9 Å². The molecule has 4 aliphatic rings. The summed E-state index contributed by atoms with van der Waals surface area (Å²) in [6.07, 6.45) is 10.8. The molecule has 0 saturated heterocycles. The van der Waals surface area contributed by atoms with Gasteiger partial charge in [0.15, 0.2) is 5.65 Å². The maximum absolute atomic E-state index is 5.56. The van der Waals surface area contributed by atoms with Crippen LogP contribution in [0.4, 0.5) is 5.69 Å². The standard InChI is InChI=1S/C28H41N7O/c1-5-36-15-13-29-28-10-7-27(8-11-28,9-12-28)19-35-24-6-14-34(18-23(24)21(3)32-35)25-16-20(2)31-26-22(25)17-30-33(26)4/h16-17,29H,5-15,18-19H2,1-4H3. The molecule has 0 spiro atoms. The van der Waals surface area contributed by atoms with E-state index in [1.165, 1.54) is 61.2 Å². The molecule has 3 aromatic rings. The number of nitrogens with zero attached hydrogens (tertiary/aromatic N) is 6. The Hall–Kier alpha value is -2.45. The zero-order valence-electron chi connectivity index (χ0n) is 22.4. The molecule has 3 aromatic heterocycles. The van der Waals surface area contributed by atoms with Crippen LogP contribution in [0.2, 0.25) is 0 Å². The fourth-order valence-corrected chi connectivity index (χ4v) is 7.10. The summed E-state index contributed by atoms with van der Waals surface area (Å²) in [5.74, 6) is 0. The molecular formula is C28H41N7O. The van der Waals surface area contributed by atoms with E-state index < -0.39 is 0 Å². The van der Waals surface area contributed by atoms with E-state index in [-0.39, 0.29) is 0 Å². The van der Waals surface area contributed by atoms with Crippen LogP contribution in [-0.2, 0) is 31.3 Å². The Morgan fingerprint density at radius 1 is 1.11 bits per heavy atom. The average molecular weight is 492 g/mol. The molecule has 3 aliphatic carbocycles. The van der Waals surface area contributed by atoms with E-state index in [0.717, 1.165) is 62.5 Å². The fourth-order valence-electron chi connectivity index (χ4n) is 7.10. The zero-order chi connectivity index (χ0) is 24.9. The minimum absolute atomic E-state index is 0.346. The number of rotatable bonds is 8. The Morgan fingerprint density at radius 3 is 2.64 bits per heavy atom. The van der Waals surface area contributed by atoms with Crippen LogP contribution in [0.5, 0.6) is 0 Å². The van der Waals surface area contributed by atoms with Gasteiger partial charge >= 0.3 is 0 Å². The molecule has 1 N–H and O–H groups in total. The first-order valence-electron chi connectivity index (χ1n) is 13.8. The molecule has 4 heterocycles. The lowest BCUT2D eigenvalue weighted by molar-refractivity contribution is 0.00393. The molecule has 0 aromatic carbocycles. The summed E-state index contributed by atoms with van der Waals surface area (Å²) in [5.41, 5.74) is 8.08. The van der Waals surface area contributed by atoms with Crippen molar-refractivity contribution in [3.63, 3.8) is 0 Å². The quantitative estimate of drug-likeness (QED) is 0.479. The minimum atomic E-state index is 0.346. The lowest BCUT2D eigenvalue weighted by Gasteiger charge is -2.54.